The molecule has 0 amide bonds. The number of aromatic nitrogens is 1. The predicted octanol–water partition coefficient (Wildman–Crippen LogP) is 1.69. The molecule has 0 radical (unpaired) electrons. The van der Waals surface area contributed by atoms with Gasteiger partial charge in [0.2, 0.25) is 0 Å². The van der Waals surface area contributed by atoms with Gasteiger partial charge in [0.1, 0.15) is 17.1 Å². The van der Waals surface area contributed by atoms with Gasteiger partial charge in [0.05, 0.1) is 12.0 Å². The Bertz CT molecular complexity index is 536. The quantitative estimate of drug-likeness (QED) is 0.764. The third kappa shape index (κ3) is 3.33. The zero-order valence-electron chi connectivity index (χ0n) is 11.1. The summed E-state index contributed by atoms with van der Waals surface area (Å²) in [7, 11) is 0. The fourth-order valence-corrected chi connectivity index (χ4v) is 1.83. The summed E-state index contributed by atoms with van der Waals surface area (Å²) in [5, 5.41) is 23.0. The Morgan fingerprint density at radius 1 is 1.37 bits per heavy atom. The lowest BCUT2D eigenvalue weighted by atomic mass is 10.0. The Kier molecular flexibility index (Phi) is 3.87. The summed E-state index contributed by atoms with van der Waals surface area (Å²) in [6.45, 7) is 4.21. The van der Waals surface area contributed by atoms with Crippen LogP contribution in [0.5, 0.6) is 5.75 Å². The molecule has 2 heterocycles. The first-order valence-corrected chi connectivity index (χ1v) is 6.11. The molecular formula is C14H18N2O3. The van der Waals surface area contributed by atoms with Crippen LogP contribution in [0.25, 0.3) is 0 Å². The second kappa shape index (κ2) is 5.42. The largest absolute Gasteiger partial charge is 0.506 e. The molecular weight excluding hydrogens is 244 g/mol. The fourth-order valence-electron chi connectivity index (χ4n) is 1.83. The van der Waals surface area contributed by atoms with Gasteiger partial charge in [-0.15, -0.1) is 0 Å². The summed E-state index contributed by atoms with van der Waals surface area (Å²) in [4.78, 5) is 4.24. The summed E-state index contributed by atoms with van der Waals surface area (Å²) in [5.41, 5.74) is 0.311. The number of nitrogens with zero attached hydrogens (tertiary/aromatic N) is 1. The number of aliphatic hydroxyl groups is 1. The highest BCUT2D eigenvalue weighted by Crippen LogP contribution is 2.20. The molecule has 0 saturated carbocycles. The van der Waals surface area contributed by atoms with Crippen LogP contribution in [-0.4, -0.2) is 21.7 Å². The van der Waals surface area contributed by atoms with Crippen molar-refractivity contribution >= 4 is 0 Å². The van der Waals surface area contributed by atoms with E-state index in [0.717, 1.165) is 5.69 Å². The topological polar surface area (TPSA) is 78.5 Å². The highest BCUT2D eigenvalue weighted by molar-refractivity contribution is 5.27. The van der Waals surface area contributed by atoms with Gasteiger partial charge >= 0.3 is 0 Å². The van der Waals surface area contributed by atoms with Crippen LogP contribution >= 0.6 is 0 Å². The Morgan fingerprint density at radius 3 is 2.84 bits per heavy atom. The lowest BCUT2D eigenvalue weighted by Gasteiger charge is -2.21. The van der Waals surface area contributed by atoms with Crippen molar-refractivity contribution in [3.63, 3.8) is 0 Å². The van der Waals surface area contributed by atoms with Gasteiger partial charge in [-0.25, -0.2) is 0 Å². The number of hydrogen-bond acceptors (Lipinski definition) is 5. The maximum absolute atomic E-state index is 10.2. The Morgan fingerprint density at radius 2 is 2.16 bits per heavy atom. The highest BCUT2D eigenvalue weighted by atomic mass is 16.4. The molecule has 0 aliphatic heterocycles. The summed E-state index contributed by atoms with van der Waals surface area (Å²) in [5.74, 6) is 0.650. The molecule has 0 spiro atoms. The van der Waals surface area contributed by atoms with Crippen molar-refractivity contribution < 1.29 is 14.6 Å². The summed E-state index contributed by atoms with van der Waals surface area (Å²) >= 11 is 0. The minimum atomic E-state index is -1.09. The molecule has 3 N–H and O–H groups in total. The second-order valence-electron chi connectivity index (χ2n) is 4.77. The molecule has 2 rings (SSSR count). The van der Waals surface area contributed by atoms with Crippen LogP contribution in [0.3, 0.4) is 0 Å². The average Bonchev–Trinajstić information content (AvgIpc) is 2.88. The third-order valence-corrected chi connectivity index (χ3v) is 2.90. The number of furan rings is 1. The smallest absolute Gasteiger partial charge is 0.138 e. The van der Waals surface area contributed by atoms with E-state index in [1.165, 1.54) is 6.26 Å². The summed E-state index contributed by atoms with van der Waals surface area (Å²) < 4.78 is 5.19. The van der Waals surface area contributed by atoms with Gasteiger partial charge in [0.15, 0.2) is 0 Å². The average molecular weight is 262 g/mol. The van der Waals surface area contributed by atoms with E-state index >= 15 is 0 Å². The van der Waals surface area contributed by atoms with Crippen LogP contribution in [0, 0.1) is 6.92 Å². The normalized spacial score (nSPS) is 14.3. The van der Waals surface area contributed by atoms with Gasteiger partial charge in [0, 0.05) is 18.8 Å². The number of rotatable bonds is 5. The van der Waals surface area contributed by atoms with Crippen molar-refractivity contribution in [3.8, 4) is 5.75 Å². The van der Waals surface area contributed by atoms with Crippen LogP contribution in [0.1, 0.15) is 24.1 Å². The number of aromatic hydroxyl groups is 1. The molecule has 1 unspecified atom stereocenters. The Balaban J connectivity index is 1.95. The lowest BCUT2D eigenvalue weighted by Crippen LogP contribution is -2.35. The van der Waals surface area contributed by atoms with E-state index in [2.05, 4.69) is 10.3 Å². The molecule has 5 heteroatoms. The lowest BCUT2D eigenvalue weighted by molar-refractivity contribution is 0.0339. The van der Waals surface area contributed by atoms with E-state index in [-0.39, 0.29) is 5.75 Å². The molecule has 0 fully saturated rings. The molecule has 0 bridgehead atoms. The van der Waals surface area contributed by atoms with Gasteiger partial charge in [-0.3, -0.25) is 4.98 Å². The zero-order valence-corrected chi connectivity index (χ0v) is 11.1. The first-order valence-electron chi connectivity index (χ1n) is 6.11. The minimum absolute atomic E-state index is 0.149. The zero-order chi connectivity index (χ0) is 13.9. The van der Waals surface area contributed by atoms with Crippen LogP contribution < -0.4 is 5.32 Å². The van der Waals surface area contributed by atoms with E-state index < -0.39 is 5.60 Å². The highest BCUT2D eigenvalue weighted by Gasteiger charge is 2.25. The summed E-state index contributed by atoms with van der Waals surface area (Å²) in [6, 6.07) is 6.82. The summed E-state index contributed by atoms with van der Waals surface area (Å²) in [6.07, 6.45) is 1.53. The van der Waals surface area contributed by atoms with E-state index in [0.29, 0.717) is 24.5 Å². The van der Waals surface area contributed by atoms with Crippen LogP contribution in [-0.2, 0) is 12.1 Å². The number of hydrogen-bond donors (Lipinski definition) is 3. The van der Waals surface area contributed by atoms with E-state index in [1.54, 1.807) is 31.2 Å². The minimum Gasteiger partial charge on any atom is -0.506 e. The monoisotopic (exact) mass is 262 g/mol. The first-order chi connectivity index (χ1) is 8.99. The molecule has 2 aromatic heterocycles. The predicted molar refractivity (Wildman–Crippen MR) is 70.6 cm³/mol. The Labute approximate surface area is 111 Å². The Hall–Kier alpha value is -1.85. The van der Waals surface area contributed by atoms with Crippen molar-refractivity contribution in [1.29, 1.82) is 0 Å². The van der Waals surface area contributed by atoms with Crippen molar-refractivity contribution in [2.45, 2.75) is 26.0 Å². The molecule has 0 aromatic carbocycles. The molecule has 102 valence electrons. The van der Waals surface area contributed by atoms with E-state index in [4.69, 9.17) is 4.42 Å². The maximum Gasteiger partial charge on any atom is 0.138 e. The fraction of sp³-hybridized carbons (Fsp3) is 0.357. The van der Waals surface area contributed by atoms with Gasteiger partial charge < -0.3 is 19.9 Å². The van der Waals surface area contributed by atoms with Crippen molar-refractivity contribution in [1.82, 2.24) is 10.3 Å². The third-order valence-electron chi connectivity index (χ3n) is 2.90. The molecule has 0 saturated heterocycles. The maximum atomic E-state index is 10.2. The van der Waals surface area contributed by atoms with Gasteiger partial charge in [0.25, 0.3) is 0 Å². The second-order valence-corrected chi connectivity index (χ2v) is 4.77. The standard InChI is InChI=1S/C14H18N2O3/c1-10-5-6-12(17)11(16-10)8-15-9-14(2,18)13-4-3-7-19-13/h3-7,15,17-18H,8-9H2,1-2H3. The van der Waals surface area contributed by atoms with Crippen molar-refractivity contribution in [2.75, 3.05) is 6.54 Å². The molecule has 0 aliphatic carbocycles. The first kappa shape index (κ1) is 13.6. The van der Waals surface area contributed by atoms with Gasteiger partial charge in [-0.05, 0) is 38.1 Å². The van der Waals surface area contributed by atoms with E-state index in [1.807, 2.05) is 6.92 Å². The van der Waals surface area contributed by atoms with Gasteiger partial charge in [-0.2, -0.15) is 0 Å². The number of pyridine rings is 1. The van der Waals surface area contributed by atoms with Crippen LogP contribution in [0.15, 0.2) is 34.9 Å². The van der Waals surface area contributed by atoms with E-state index in [9.17, 15) is 10.2 Å². The molecule has 1 atom stereocenters. The molecule has 5 nitrogen and oxygen atoms in total. The van der Waals surface area contributed by atoms with Crippen molar-refractivity contribution in [3.05, 3.63) is 47.7 Å². The SMILES string of the molecule is Cc1ccc(O)c(CNCC(C)(O)c2ccco2)n1. The van der Waals surface area contributed by atoms with Crippen molar-refractivity contribution in [2.24, 2.45) is 0 Å². The number of nitrogens with one attached hydrogen (secondary N) is 1. The van der Waals surface area contributed by atoms with Crippen LogP contribution in [0.4, 0.5) is 0 Å². The molecule has 2 aromatic rings. The number of aryl methyl sites for hydroxylation is 1. The van der Waals surface area contributed by atoms with Crippen LogP contribution in [0.2, 0.25) is 0 Å². The van der Waals surface area contributed by atoms with Gasteiger partial charge in [-0.1, -0.05) is 0 Å². The molecule has 19 heavy (non-hydrogen) atoms. The molecule has 0 aliphatic rings.